The monoisotopic (exact) mass is 214 g/mol. The highest BCUT2D eigenvalue weighted by atomic mass is 28.4. The van der Waals surface area contributed by atoms with E-state index in [-0.39, 0.29) is 5.78 Å². The fourth-order valence-electron chi connectivity index (χ4n) is 1.62. The van der Waals surface area contributed by atoms with E-state index in [2.05, 4.69) is 20.8 Å². The summed E-state index contributed by atoms with van der Waals surface area (Å²) in [5, 5.41) is 0. The smallest absolute Gasteiger partial charge is 0.250 e. The summed E-state index contributed by atoms with van der Waals surface area (Å²) < 4.78 is 5.98. The van der Waals surface area contributed by atoms with Crippen LogP contribution in [0.3, 0.4) is 0 Å². The van der Waals surface area contributed by atoms with E-state index in [1.807, 2.05) is 6.92 Å². The molecule has 0 aliphatic carbocycles. The Morgan fingerprint density at radius 1 is 1.14 bits per heavy atom. The summed E-state index contributed by atoms with van der Waals surface area (Å²) >= 11 is 0. The molecule has 0 spiro atoms. The zero-order valence-corrected chi connectivity index (χ0v) is 11.0. The Morgan fingerprint density at radius 2 is 1.57 bits per heavy atom. The van der Waals surface area contributed by atoms with Crippen LogP contribution in [0.5, 0.6) is 0 Å². The third-order valence-corrected chi connectivity index (χ3v) is 7.34. The minimum atomic E-state index is -1.57. The maximum atomic E-state index is 10.9. The van der Waals surface area contributed by atoms with Crippen LogP contribution in [0.2, 0.25) is 18.1 Å². The molecule has 0 aromatic heterocycles. The molecule has 0 saturated carbocycles. The zero-order chi connectivity index (χ0) is 11.2. The van der Waals surface area contributed by atoms with Gasteiger partial charge in [0.25, 0.3) is 0 Å². The molecule has 0 aromatic carbocycles. The van der Waals surface area contributed by atoms with Gasteiger partial charge in [-0.3, -0.25) is 4.79 Å². The number of hydrogen-bond donors (Lipinski definition) is 0. The van der Waals surface area contributed by atoms with Gasteiger partial charge < -0.3 is 4.43 Å². The largest absolute Gasteiger partial charge is 0.547 e. The molecule has 0 aliphatic rings. The number of carbonyl (C=O) groups is 1. The lowest BCUT2D eigenvalue weighted by Gasteiger charge is -2.29. The van der Waals surface area contributed by atoms with Gasteiger partial charge in [-0.2, -0.15) is 0 Å². The summed E-state index contributed by atoms with van der Waals surface area (Å²) in [7, 11) is -1.57. The van der Waals surface area contributed by atoms with Crippen LogP contribution < -0.4 is 0 Å². The van der Waals surface area contributed by atoms with Crippen molar-refractivity contribution in [2.45, 2.75) is 52.8 Å². The molecule has 3 heteroatoms. The number of rotatable bonds is 6. The van der Waals surface area contributed by atoms with E-state index in [0.717, 1.165) is 23.9 Å². The normalized spacial score (nSPS) is 12.8. The van der Waals surface area contributed by atoms with Crippen molar-refractivity contribution in [1.82, 2.24) is 0 Å². The van der Waals surface area contributed by atoms with Gasteiger partial charge in [-0.25, -0.2) is 0 Å². The lowest BCUT2D eigenvalue weighted by atomic mass is 10.4. The maximum absolute atomic E-state index is 10.9. The highest BCUT2D eigenvalue weighted by molar-refractivity contribution is 6.73. The molecule has 82 valence electrons. The summed E-state index contributed by atoms with van der Waals surface area (Å²) in [6, 6.07) is 3.34. The summed E-state index contributed by atoms with van der Waals surface area (Å²) in [5.41, 5.74) is 0. The molecule has 14 heavy (non-hydrogen) atoms. The molecule has 0 aliphatic heterocycles. The molecule has 0 unspecified atom stereocenters. The minimum absolute atomic E-state index is 0.0636. The van der Waals surface area contributed by atoms with E-state index in [0.29, 0.717) is 0 Å². The molecule has 0 heterocycles. The Labute approximate surface area is 88.5 Å². The van der Waals surface area contributed by atoms with E-state index in [1.54, 1.807) is 13.0 Å². The van der Waals surface area contributed by atoms with E-state index in [1.165, 1.54) is 0 Å². The first-order valence-corrected chi connectivity index (χ1v) is 7.90. The SMILES string of the molecule is CC[Si](CC)(CC)O/C(C)=C/C(C)=O. The van der Waals surface area contributed by atoms with Gasteiger partial charge >= 0.3 is 0 Å². The molecular formula is C11H22O2Si. The molecular weight excluding hydrogens is 192 g/mol. The minimum Gasteiger partial charge on any atom is -0.547 e. The summed E-state index contributed by atoms with van der Waals surface area (Å²) in [6.45, 7) is 9.98. The Kier molecular flexibility index (Phi) is 5.77. The van der Waals surface area contributed by atoms with E-state index in [4.69, 9.17) is 4.43 Å². The highest BCUT2D eigenvalue weighted by Gasteiger charge is 2.30. The van der Waals surface area contributed by atoms with Crippen molar-refractivity contribution in [2.75, 3.05) is 0 Å². The Hall–Kier alpha value is -0.573. The summed E-state index contributed by atoms with van der Waals surface area (Å²) in [6.07, 6.45) is 1.59. The third kappa shape index (κ3) is 4.09. The second-order valence-electron chi connectivity index (χ2n) is 3.71. The average molecular weight is 214 g/mol. The highest BCUT2D eigenvalue weighted by Crippen LogP contribution is 2.24. The van der Waals surface area contributed by atoms with Gasteiger partial charge in [0, 0.05) is 6.08 Å². The van der Waals surface area contributed by atoms with Crippen molar-refractivity contribution in [1.29, 1.82) is 0 Å². The first-order valence-electron chi connectivity index (χ1n) is 5.37. The Morgan fingerprint density at radius 3 is 1.86 bits per heavy atom. The van der Waals surface area contributed by atoms with Gasteiger partial charge in [0.15, 0.2) is 5.78 Å². The van der Waals surface area contributed by atoms with Crippen LogP contribution in [-0.2, 0) is 9.22 Å². The lowest BCUT2D eigenvalue weighted by Crippen LogP contribution is -2.35. The third-order valence-electron chi connectivity index (χ3n) is 2.72. The van der Waals surface area contributed by atoms with Crippen LogP contribution in [0.1, 0.15) is 34.6 Å². The van der Waals surface area contributed by atoms with E-state index >= 15 is 0 Å². The van der Waals surface area contributed by atoms with Crippen molar-refractivity contribution >= 4 is 14.1 Å². The van der Waals surface area contributed by atoms with Crippen molar-refractivity contribution in [2.24, 2.45) is 0 Å². The number of allylic oxidation sites excluding steroid dienone is 2. The second-order valence-corrected chi connectivity index (χ2v) is 8.40. The quantitative estimate of drug-likeness (QED) is 0.384. The van der Waals surface area contributed by atoms with Crippen LogP contribution >= 0.6 is 0 Å². The topological polar surface area (TPSA) is 26.3 Å². The van der Waals surface area contributed by atoms with Crippen LogP contribution in [0.4, 0.5) is 0 Å². The lowest BCUT2D eigenvalue weighted by molar-refractivity contribution is -0.112. The van der Waals surface area contributed by atoms with Crippen molar-refractivity contribution in [3.63, 3.8) is 0 Å². The average Bonchev–Trinajstić information content (AvgIpc) is 2.13. The number of hydrogen-bond acceptors (Lipinski definition) is 2. The summed E-state index contributed by atoms with van der Waals surface area (Å²) in [4.78, 5) is 10.9. The fourth-order valence-corrected chi connectivity index (χ4v) is 4.30. The maximum Gasteiger partial charge on any atom is 0.250 e. The molecule has 0 rings (SSSR count). The van der Waals surface area contributed by atoms with Gasteiger partial charge in [0.05, 0.1) is 5.76 Å². The molecule has 0 amide bonds. The molecule has 2 nitrogen and oxygen atoms in total. The predicted octanol–water partition coefficient (Wildman–Crippen LogP) is 3.50. The van der Waals surface area contributed by atoms with E-state index < -0.39 is 8.32 Å². The first kappa shape index (κ1) is 13.4. The molecule has 0 N–H and O–H groups in total. The molecule has 0 fully saturated rings. The zero-order valence-electron chi connectivity index (χ0n) is 10.0. The number of ketones is 1. The second kappa shape index (κ2) is 6.01. The fraction of sp³-hybridized carbons (Fsp3) is 0.727. The van der Waals surface area contributed by atoms with E-state index in [9.17, 15) is 4.79 Å². The van der Waals surface area contributed by atoms with Crippen molar-refractivity contribution < 1.29 is 9.22 Å². The van der Waals surface area contributed by atoms with Gasteiger partial charge in [0.1, 0.15) is 0 Å². The molecule has 0 saturated heterocycles. The Bertz CT molecular complexity index is 209. The van der Waals surface area contributed by atoms with Gasteiger partial charge in [-0.15, -0.1) is 0 Å². The van der Waals surface area contributed by atoms with Crippen LogP contribution in [0.25, 0.3) is 0 Å². The molecule has 0 bridgehead atoms. The van der Waals surface area contributed by atoms with Gasteiger partial charge in [-0.05, 0) is 32.0 Å². The van der Waals surface area contributed by atoms with Crippen LogP contribution in [-0.4, -0.2) is 14.1 Å². The van der Waals surface area contributed by atoms with Crippen molar-refractivity contribution in [3.8, 4) is 0 Å². The van der Waals surface area contributed by atoms with Crippen molar-refractivity contribution in [3.05, 3.63) is 11.8 Å². The molecule has 0 radical (unpaired) electrons. The number of carbonyl (C=O) groups excluding carboxylic acids is 1. The predicted molar refractivity (Wildman–Crippen MR) is 62.7 cm³/mol. The van der Waals surface area contributed by atoms with Crippen LogP contribution in [0.15, 0.2) is 11.8 Å². The van der Waals surface area contributed by atoms with Crippen LogP contribution in [0, 0.1) is 0 Å². The van der Waals surface area contributed by atoms with Gasteiger partial charge in [0.2, 0.25) is 8.32 Å². The Balaban J connectivity index is 4.52. The molecule has 0 atom stereocenters. The van der Waals surface area contributed by atoms with Gasteiger partial charge in [-0.1, -0.05) is 20.8 Å². The molecule has 0 aromatic rings. The summed E-state index contributed by atoms with van der Waals surface area (Å²) in [5.74, 6) is 0.850. The standard InChI is InChI=1S/C11H22O2Si/c1-6-14(7-2,8-3)13-11(5)9-10(4)12/h9H,6-8H2,1-5H3/b11-9+. The first-order chi connectivity index (χ1) is 6.49.